The van der Waals surface area contributed by atoms with Gasteiger partial charge < -0.3 is 9.73 Å². The van der Waals surface area contributed by atoms with E-state index >= 15 is 0 Å². The molecule has 1 N–H and O–H groups in total. The van der Waals surface area contributed by atoms with Crippen LogP contribution in [-0.2, 0) is 0 Å². The zero-order chi connectivity index (χ0) is 12.4. The van der Waals surface area contributed by atoms with Crippen molar-refractivity contribution in [2.75, 3.05) is 5.32 Å². The monoisotopic (exact) mass is 313 g/mol. The maximum atomic E-state index is 6.11. The van der Waals surface area contributed by atoms with Gasteiger partial charge in [0.05, 0.1) is 24.3 Å². The van der Waals surface area contributed by atoms with Crippen molar-refractivity contribution in [3.8, 4) is 0 Å². The number of furan rings is 1. The van der Waals surface area contributed by atoms with Gasteiger partial charge in [-0.3, -0.25) is 0 Å². The van der Waals surface area contributed by atoms with E-state index in [-0.39, 0.29) is 6.04 Å². The van der Waals surface area contributed by atoms with Crippen molar-refractivity contribution in [2.45, 2.75) is 19.9 Å². The van der Waals surface area contributed by atoms with Crippen LogP contribution in [0.5, 0.6) is 0 Å². The van der Waals surface area contributed by atoms with Gasteiger partial charge in [-0.25, -0.2) is 0 Å². The zero-order valence-corrected chi connectivity index (χ0v) is 12.0. The molecule has 0 aliphatic rings. The molecule has 0 spiro atoms. The Labute approximate surface area is 114 Å². The molecule has 1 atom stereocenters. The molecule has 0 aliphatic carbocycles. The van der Waals surface area contributed by atoms with E-state index in [2.05, 4.69) is 28.2 Å². The summed E-state index contributed by atoms with van der Waals surface area (Å²) in [5.74, 6) is 0. The van der Waals surface area contributed by atoms with E-state index in [9.17, 15) is 0 Å². The maximum Gasteiger partial charge on any atom is 0.0955 e. The molecule has 0 radical (unpaired) electrons. The zero-order valence-electron chi connectivity index (χ0n) is 9.63. The molecular weight excluding hydrogens is 302 g/mol. The van der Waals surface area contributed by atoms with E-state index in [0.717, 1.165) is 26.3 Å². The number of hydrogen-bond donors (Lipinski definition) is 1. The van der Waals surface area contributed by atoms with E-state index < -0.39 is 0 Å². The van der Waals surface area contributed by atoms with Gasteiger partial charge in [-0.1, -0.05) is 11.6 Å². The Morgan fingerprint density at radius 1 is 1.41 bits per heavy atom. The lowest BCUT2D eigenvalue weighted by molar-refractivity contribution is 0.562. The first-order chi connectivity index (χ1) is 8.08. The Bertz CT molecular complexity index is 510. The summed E-state index contributed by atoms with van der Waals surface area (Å²) in [7, 11) is 0. The van der Waals surface area contributed by atoms with E-state index in [0.29, 0.717) is 0 Å². The smallest absolute Gasteiger partial charge is 0.0955 e. The van der Waals surface area contributed by atoms with Crippen LogP contribution in [0.1, 0.15) is 24.1 Å². The molecule has 0 fully saturated rings. The van der Waals surface area contributed by atoms with Crippen molar-refractivity contribution in [3.63, 3.8) is 0 Å². The summed E-state index contributed by atoms with van der Waals surface area (Å²) in [6, 6.07) is 6.05. The highest BCUT2D eigenvalue weighted by Gasteiger charge is 2.10. The van der Waals surface area contributed by atoms with Crippen LogP contribution in [0.25, 0.3) is 0 Å². The number of halogens is 2. The van der Waals surface area contributed by atoms with Gasteiger partial charge in [-0.05, 0) is 53.5 Å². The summed E-state index contributed by atoms with van der Waals surface area (Å²) in [5.41, 5.74) is 3.14. The normalized spacial score (nSPS) is 12.5. The van der Waals surface area contributed by atoms with Gasteiger partial charge in [0.25, 0.3) is 0 Å². The molecular formula is C13H13BrClNO. The SMILES string of the molecule is Cc1cc(Br)c(NC(C)c2ccoc2)cc1Cl. The second kappa shape index (κ2) is 5.15. The quantitative estimate of drug-likeness (QED) is 0.844. The molecule has 90 valence electrons. The number of benzene rings is 1. The van der Waals surface area contributed by atoms with E-state index in [4.69, 9.17) is 16.0 Å². The number of hydrogen-bond acceptors (Lipinski definition) is 2. The summed E-state index contributed by atoms with van der Waals surface area (Å²) in [6.07, 6.45) is 3.41. The van der Waals surface area contributed by atoms with Crippen molar-refractivity contribution in [3.05, 3.63) is 51.3 Å². The fourth-order valence-corrected chi connectivity index (χ4v) is 2.33. The van der Waals surface area contributed by atoms with E-state index in [1.807, 2.05) is 25.1 Å². The minimum atomic E-state index is 0.170. The minimum Gasteiger partial charge on any atom is -0.472 e. The molecule has 2 rings (SSSR count). The van der Waals surface area contributed by atoms with E-state index in [1.54, 1.807) is 12.5 Å². The lowest BCUT2D eigenvalue weighted by Gasteiger charge is -2.16. The fraction of sp³-hybridized carbons (Fsp3) is 0.231. The second-order valence-corrected chi connectivity index (χ2v) is 5.27. The third-order valence-corrected chi connectivity index (χ3v) is 3.73. The van der Waals surface area contributed by atoms with Crippen LogP contribution in [0.3, 0.4) is 0 Å². The molecule has 1 aromatic carbocycles. The van der Waals surface area contributed by atoms with Crippen molar-refractivity contribution in [1.29, 1.82) is 0 Å². The van der Waals surface area contributed by atoms with Crippen LogP contribution in [0.15, 0.2) is 39.6 Å². The van der Waals surface area contributed by atoms with Crippen LogP contribution < -0.4 is 5.32 Å². The molecule has 0 saturated carbocycles. The standard InChI is InChI=1S/C13H13BrClNO/c1-8-5-11(14)13(6-12(8)15)16-9(2)10-3-4-17-7-10/h3-7,9,16H,1-2H3. The first-order valence-corrected chi connectivity index (χ1v) is 6.49. The molecule has 2 aromatic rings. The Kier molecular flexibility index (Phi) is 3.79. The van der Waals surface area contributed by atoms with Crippen molar-refractivity contribution in [2.24, 2.45) is 0 Å². The van der Waals surface area contributed by atoms with Crippen LogP contribution >= 0.6 is 27.5 Å². The Morgan fingerprint density at radius 2 is 2.18 bits per heavy atom. The summed E-state index contributed by atoms with van der Waals surface area (Å²) in [4.78, 5) is 0. The minimum absolute atomic E-state index is 0.170. The Morgan fingerprint density at radius 3 is 2.82 bits per heavy atom. The van der Waals surface area contributed by atoms with Gasteiger partial charge in [0.15, 0.2) is 0 Å². The van der Waals surface area contributed by atoms with Crippen LogP contribution in [-0.4, -0.2) is 0 Å². The molecule has 17 heavy (non-hydrogen) atoms. The first-order valence-electron chi connectivity index (χ1n) is 5.32. The van der Waals surface area contributed by atoms with Crippen molar-refractivity contribution in [1.82, 2.24) is 0 Å². The predicted molar refractivity (Wildman–Crippen MR) is 74.6 cm³/mol. The number of aryl methyl sites for hydroxylation is 1. The van der Waals surface area contributed by atoms with E-state index in [1.165, 1.54) is 0 Å². The summed E-state index contributed by atoms with van der Waals surface area (Å²) in [5, 5.41) is 4.15. The molecule has 0 aliphatic heterocycles. The summed E-state index contributed by atoms with van der Waals surface area (Å²) in [6.45, 7) is 4.06. The third kappa shape index (κ3) is 2.85. The molecule has 0 bridgehead atoms. The molecule has 2 nitrogen and oxygen atoms in total. The third-order valence-electron chi connectivity index (χ3n) is 2.66. The highest BCUT2D eigenvalue weighted by molar-refractivity contribution is 9.10. The Balaban J connectivity index is 2.22. The van der Waals surface area contributed by atoms with Gasteiger partial charge in [-0.15, -0.1) is 0 Å². The average Bonchev–Trinajstić information content (AvgIpc) is 2.79. The molecule has 0 amide bonds. The summed E-state index contributed by atoms with van der Waals surface area (Å²) < 4.78 is 6.08. The molecule has 4 heteroatoms. The molecule has 1 heterocycles. The van der Waals surface area contributed by atoms with Gasteiger partial charge in [0.1, 0.15) is 0 Å². The maximum absolute atomic E-state index is 6.11. The van der Waals surface area contributed by atoms with Gasteiger partial charge >= 0.3 is 0 Å². The van der Waals surface area contributed by atoms with Crippen molar-refractivity contribution < 1.29 is 4.42 Å². The largest absolute Gasteiger partial charge is 0.472 e. The lowest BCUT2D eigenvalue weighted by atomic mass is 10.1. The van der Waals surface area contributed by atoms with Crippen LogP contribution in [0.4, 0.5) is 5.69 Å². The number of nitrogens with one attached hydrogen (secondary N) is 1. The number of rotatable bonds is 3. The molecule has 1 aromatic heterocycles. The highest BCUT2D eigenvalue weighted by atomic mass is 79.9. The molecule has 1 unspecified atom stereocenters. The Hall–Kier alpha value is -0.930. The predicted octanol–water partition coefficient (Wildman–Crippen LogP) is 5.18. The fourth-order valence-electron chi connectivity index (χ4n) is 1.59. The average molecular weight is 315 g/mol. The van der Waals surface area contributed by atoms with Crippen LogP contribution in [0.2, 0.25) is 5.02 Å². The van der Waals surface area contributed by atoms with Gasteiger partial charge in [0.2, 0.25) is 0 Å². The van der Waals surface area contributed by atoms with Gasteiger partial charge in [0, 0.05) is 15.1 Å². The first kappa shape index (κ1) is 12.5. The van der Waals surface area contributed by atoms with Gasteiger partial charge in [-0.2, -0.15) is 0 Å². The lowest BCUT2D eigenvalue weighted by Crippen LogP contribution is -2.06. The van der Waals surface area contributed by atoms with Crippen LogP contribution in [0, 0.1) is 6.92 Å². The topological polar surface area (TPSA) is 25.2 Å². The number of anilines is 1. The second-order valence-electron chi connectivity index (χ2n) is 4.00. The van der Waals surface area contributed by atoms with Crippen molar-refractivity contribution >= 4 is 33.2 Å². The molecule has 0 saturated heterocycles. The highest BCUT2D eigenvalue weighted by Crippen LogP contribution is 2.31. The summed E-state index contributed by atoms with van der Waals surface area (Å²) >= 11 is 9.64.